The zero-order valence-electron chi connectivity index (χ0n) is 9.70. The predicted octanol–water partition coefficient (Wildman–Crippen LogP) is 2.62. The van der Waals surface area contributed by atoms with E-state index in [0.717, 1.165) is 0 Å². The summed E-state index contributed by atoms with van der Waals surface area (Å²) in [6, 6.07) is 3.50. The van der Waals surface area contributed by atoms with Crippen molar-refractivity contribution in [1.82, 2.24) is 5.48 Å². The average Bonchev–Trinajstić information content (AvgIpc) is 3.14. The number of nitrogens with one attached hydrogen (secondary N) is 1. The number of halogens is 1. The fourth-order valence-corrected chi connectivity index (χ4v) is 1.85. The predicted molar refractivity (Wildman–Crippen MR) is 64.8 cm³/mol. The lowest BCUT2D eigenvalue weighted by Crippen LogP contribution is -2.11. The highest BCUT2D eigenvalue weighted by Gasteiger charge is 2.24. The van der Waals surface area contributed by atoms with E-state index in [9.17, 15) is 0 Å². The van der Waals surface area contributed by atoms with E-state index in [2.05, 4.69) is 5.48 Å². The van der Waals surface area contributed by atoms with E-state index in [0.29, 0.717) is 34.6 Å². The Kier molecular flexibility index (Phi) is 4.10. The second kappa shape index (κ2) is 5.58. The van der Waals surface area contributed by atoms with Gasteiger partial charge in [0, 0.05) is 10.6 Å². The van der Waals surface area contributed by atoms with Crippen molar-refractivity contribution in [3.05, 3.63) is 22.7 Å². The number of benzene rings is 1. The number of hydroxylamine groups is 1. The number of methoxy groups -OCH3 is 1. The van der Waals surface area contributed by atoms with Crippen LogP contribution in [0.4, 0.5) is 0 Å². The number of ether oxygens (including phenoxy) is 2. The number of hydrogen-bond acceptors (Lipinski definition) is 4. The van der Waals surface area contributed by atoms with Gasteiger partial charge < -0.3 is 14.7 Å². The Hall–Kier alpha value is -0.970. The van der Waals surface area contributed by atoms with Gasteiger partial charge >= 0.3 is 0 Å². The monoisotopic (exact) mass is 257 g/mol. The van der Waals surface area contributed by atoms with Crippen LogP contribution >= 0.6 is 11.6 Å². The summed E-state index contributed by atoms with van der Waals surface area (Å²) in [4.78, 5) is 0. The summed E-state index contributed by atoms with van der Waals surface area (Å²) in [5.41, 5.74) is 2.82. The van der Waals surface area contributed by atoms with Crippen LogP contribution in [0.15, 0.2) is 12.1 Å². The highest BCUT2D eigenvalue weighted by Crippen LogP contribution is 2.38. The summed E-state index contributed by atoms with van der Waals surface area (Å²) in [5, 5.41) is 9.37. The zero-order chi connectivity index (χ0) is 12.3. The molecule has 5 heteroatoms. The van der Waals surface area contributed by atoms with Gasteiger partial charge in [-0.2, -0.15) is 0 Å². The van der Waals surface area contributed by atoms with Gasteiger partial charge in [0.25, 0.3) is 0 Å². The van der Waals surface area contributed by atoms with Crippen LogP contribution in [-0.2, 0) is 6.54 Å². The Morgan fingerprint density at radius 3 is 2.82 bits per heavy atom. The molecule has 0 saturated heterocycles. The minimum atomic E-state index is 0.232. The maximum atomic E-state index is 8.82. The van der Waals surface area contributed by atoms with E-state index in [4.69, 9.17) is 26.3 Å². The maximum absolute atomic E-state index is 8.82. The molecule has 1 aliphatic carbocycles. The van der Waals surface area contributed by atoms with Crippen molar-refractivity contribution in [2.75, 3.05) is 13.7 Å². The Bertz CT molecular complexity index is 394. The van der Waals surface area contributed by atoms with Crippen molar-refractivity contribution in [2.24, 2.45) is 5.92 Å². The Labute approximate surface area is 105 Å². The summed E-state index contributed by atoms with van der Waals surface area (Å²) in [6.45, 7) is 0.908. The van der Waals surface area contributed by atoms with E-state index in [1.165, 1.54) is 12.8 Å². The molecule has 1 aromatic carbocycles. The molecule has 0 bridgehead atoms. The molecule has 2 rings (SSSR count). The molecule has 0 spiro atoms. The normalized spacial score (nSPS) is 14.8. The van der Waals surface area contributed by atoms with Gasteiger partial charge in [-0.15, -0.1) is 0 Å². The van der Waals surface area contributed by atoms with E-state index in [1.54, 1.807) is 19.2 Å². The molecule has 1 fully saturated rings. The van der Waals surface area contributed by atoms with E-state index < -0.39 is 0 Å². The topological polar surface area (TPSA) is 50.7 Å². The zero-order valence-corrected chi connectivity index (χ0v) is 10.5. The van der Waals surface area contributed by atoms with Gasteiger partial charge in [0.2, 0.25) is 0 Å². The Morgan fingerprint density at radius 1 is 1.47 bits per heavy atom. The van der Waals surface area contributed by atoms with Gasteiger partial charge in [-0.05, 0) is 30.9 Å². The maximum Gasteiger partial charge on any atom is 0.167 e. The lowest BCUT2D eigenvalue weighted by Gasteiger charge is -2.15. The SMILES string of the molecule is COc1ccc(Cl)c(CNO)c1OCC1CC1. The molecule has 4 nitrogen and oxygen atoms in total. The second-order valence-corrected chi connectivity index (χ2v) is 4.55. The minimum absolute atomic E-state index is 0.232. The van der Waals surface area contributed by atoms with E-state index in [1.807, 2.05) is 0 Å². The van der Waals surface area contributed by atoms with Gasteiger partial charge in [-0.25, -0.2) is 5.48 Å². The van der Waals surface area contributed by atoms with Gasteiger partial charge in [0.05, 0.1) is 20.3 Å². The molecule has 0 aliphatic heterocycles. The van der Waals surface area contributed by atoms with Crippen LogP contribution in [0.5, 0.6) is 11.5 Å². The van der Waals surface area contributed by atoms with Crippen LogP contribution in [0.25, 0.3) is 0 Å². The van der Waals surface area contributed by atoms with Crippen LogP contribution in [0.3, 0.4) is 0 Å². The first-order valence-electron chi connectivity index (χ1n) is 5.61. The van der Waals surface area contributed by atoms with Crippen LogP contribution in [-0.4, -0.2) is 18.9 Å². The first-order valence-corrected chi connectivity index (χ1v) is 5.99. The summed E-state index contributed by atoms with van der Waals surface area (Å²) < 4.78 is 11.0. The van der Waals surface area contributed by atoms with Crippen LogP contribution in [0.2, 0.25) is 5.02 Å². The van der Waals surface area contributed by atoms with E-state index >= 15 is 0 Å². The molecule has 0 atom stereocenters. The van der Waals surface area contributed by atoms with Gasteiger partial charge in [-0.1, -0.05) is 11.6 Å². The third-order valence-corrected chi connectivity index (χ3v) is 3.16. The van der Waals surface area contributed by atoms with Crippen molar-refractivity contribution in [2.45, 2.75) is 19.4 Å². The Morgan fingerprint density at radius 2 is 2.24 bits per heavy atom. The number of hydrogen-bond donors (Lipinski definition) is 2. The lowest BCUT2D eigenvalue weighted by molar-refractivity contribution is 0.159. The molecular weight excluding hydrogens is 242 g/mol. The summed E-state index contributed by atoms with van der Waals surface area (Å²) in [6.07, 6.45) is 2.44. The molecule has 1 aliphatic rings. The molecule has 17 heavy (non-hydrogen) atoms. The molecule has 0 unspecified atom stereocenters. The summed E-state index contributed by atoms with van der Waals surface area (Å²) >= 11 is 6.08. The van der Waals surface area contributed by atoms with Crippen molar-refractivity contribution in [1.29, 1.82) is 0 Å². The van der Waals surface area contributed by atoms with E-state index in [-0.39, 0.29) is 6.54 Å². The molecule has 0 amide bonds. The molecule has 0 aromatic heterocycles. The minimum Gasteiger partial charge on any atom is -0.493 e. The lowest BCUT2D eigenvalue weighted by atomic mass is 10.2. The van der Waals surface area contributed by atoms with Gasteiger partial charge in [0.15, 0.2) is 11.5 Å². The molecule has 1 aromatic rings. The number of rotatable bonds is 6. The molecule has 94 valence electrons. The first kappa shape index (κ1) is 12.5. The average molecular weight is 258 g/mol. The molecule has 1 saturated carbocycles. The van der Waals surface area contributed by atoms with Gasteiger partial charge in [0.1, 0.15) is 0 Å². The van der Waals surface area contributed by atoms with Crippen molar-refractivity contribution < 1.29 is 14.7 Å². The molecule has 0 radical (unpaired) electrons. The summed E-state index contributed by atoms with van der Waals surface area (Å²) in [5.74, 6) is 1.90. The third-order valence-electron chi connectivity index (χ3n) is 2.80. The molecular formula is C12H16ClNO3. The highest BCUT2D eigenvalue weighted by atomic mass is 35.5. The Balaban J connectivity index is 2.24. The fourth-order valence-electron chi connectivity index (χ4n) is 1.63. The largest absolute Gasteiger partial charge is 0.493 e. The van der Waals surface area contributed by atoms with Gasteiger partial charge in [-0.3, -0.25) is 0 Å². The molecule has 2 N–H and O–H groups in total. The highest BCUT2D eigenvalue weighted by molar-refractivity contribution is 6.31. The second-order valence-electron chi connectivity index (χ2n) is 4.15. The van der Waals surface area contributed by atoms with Crippen molar-refractivity contribution in [3.8, 4) is 11.5 Å². The fraction of sp³-hybridized carbons (Fsp3) is 0.500. The van der Waals surface area contributed by atoms with Crippen molar-refractivity contribution in [3.63, 3.8) is 0 Å². The van der Waals surface area contributed by atoms with Crippen LogP contribution in [0.1, 0.15) is 18.4 Å². The van der Waals surface area contributed by atoms with Crippen LogP contribution < -0.4 is 15.0 Å². The quantitative estimate of drug-likeness (QED) is 0.770. The first-order chi connectivity index (χ1) is 8.26. The van der Waals surface area contributed by atoms with Crippen LogP contribution in [0, 0.1) is 5.92 Å². The van der Waals surface area contributed by atoms with Crippen molar-refractivity contribution >= 4 is 11.6 Å². The summed E-state index contributed by atoms with van der Waals surface area (Å²) in [7, 11) is 1.59. The third kappa shape index (κ3) is 3.03. The smallest absolute Gasteiger partial charge is 0.167 e. The molecule has 0 heterocycles. The standard InChI is InChI=1S/C12H16ClNO3/c1-16-11-5-4-10(13)9(6-14-15)12(11)17-7-8-2-3-8/h4-5,8,14-15H,2-3,6-7H2,1H3.